The van der Waals surface area contributed by atoms with Gasteiger partial charge < -0.3 is 10.1 Å². The van der Waals surface area contributed by atoms with E-state index in [9.17, 15) is 9.59 Å². The summed E-state index contributed by atoms with van der Waals surface area (Å²) in [6, 6.07) is 9.14. The summed E-state index contributed by atoms with van der Waals surface area (Å²) in [6.45, 7) is 1.71. The second-order valence-electron chi connectivity index (χ2n) is 5.04. The Hall–Kier alpha value is -2.38. The van der Waals surface area contributed by atoms with Crippen LogP contribution >= 0.6 is 22.9 Å². The number of amides is 1. The zero-order valence-electron chi connectivity index (χ0n) is 13.0. The minimum Gasteiger partial charge on any atom is -0.468 e. The molecule has 2 aromatic heterocycles. The first-order chi connectivity index (χ1) is 11.5. The average molecular weight is 364 g/mol. The van der Waals surface area contributed by atoms with E-state index in [1.807, 2.05) is 25.1 Å². The lowest BCUT2D eigenvalue weighted by Gasteiger charge is -2.04. The van der Waals surface area contributed by atoms with Crippen LogP contribution in [0.3, 0.4) is 0 Å². The number of nitrogens with zero attached hydrogens (tertiary/aromatic N) is 2. The average Bonchev–Trinajstić information content (AvgIpc) is 3.14. The SMILES string of the molecule is COC(=O)CNC(=O)c1cc2c(C)nn(-c3ccccc3Cl)c2s1. The van der Waals surface area contributed by atoms with Crippen molar-refractivity contribution in [3.63, 3.8) is 0 Å². The Morgan fingerprint density at radius 2 is 2.12 bits per heavy atom. The third-order valence-corrected chi connectivity index (χ3v) is 4.90. The number of fused-ring (bicyclic) bond motifs is 1. The minimum atomic E-state index is -0.497. The fourth-order valence-corrected chi connectivity index (χ4v) is 3.57. The molecular formula is C16H14ClN3O3S. The molecule has 0 saturated heterocycles. The molecule has 1 aromatic carbocycles. The molecule has 2 heterocycles. The molecular weight excluding hydrogens is 350 g/mol. The van der Waals surface area contributed by atoms with Crippen LogP contribution in [-0.2, 0) is 9.53 Å². The number of methoxy groups -OCH3 is 1. The number of esters is 1. The maximum absolute atomic E-state index is 12.2. The van der Waals surface area contributed by atoms with E-state index in [1.54, 1.807) is 16.8 Å². The Morgan fingerprint density at radius 3 is 2.83 bits per heavy atom. The molecule has 0 fully saturated rings. The summed E-state index contributed by atoms with van der Waals surface area (Å²) in [5, 5.41) is 8.49. The first kappa shape index (κ1) is 16.5. The Kier molecular flexibility index (Phi) is 4.55. The second-order valence-corrected chi connectivity index (χ2v) is 6.47. The smallest absolute Gasteiger partial charge is 0.325 e. The molecule has 0 aliphatic rings. The van der Waals surface area contributed by atoms with Crippen LogP contribution < -0.4 is 5.32 Å². The Labute approximate surface area is 147 Å². The van der Waals surface area contributed by atoms with Gasteiger partial charge in [0.25, 0.3) is 5.91 Å². The molecule has 24 heavy (non-hydrogen) atoms. The van der Waals surface area contributed by atoms with Crippen LogP contribution in [0.2, 0.25) is 5.02 Å². The van der Waals surface area contributed by atoms with Crippen LogP contribution in [0.25, 0.3) is 15.9 Å². The molecule has 0 atom stereocenters. The number of aryl methyl sites for hydroxylation is 1. The van der Waals surface area contributed by atoms with E-state index in [0.29, 0.717) is 9.90 Å². The van der Waals surface area contributed by atoms with Gasteiger partial charge in [0.2, 0.25) is 0 Å². The van der Waals surface area contributed by atoms with Crippen LogP contribution in [0.5, 0.6) is 0 Å². The predicted octanol–water partition coefficient (Wildman–Crippen LogP) is 2.95. The van der Waals surface area contributed by atoms with Crippen molar-refractivity contribution in [3.05, 3.63) is 45.9 Å². The molecule has 3 rings (SSSR count). The molecule has 0 bridgehead atoms. The normalized spacial score (nSPS) is 10.8. The van der Waals surface area contributed by atoms with Crippen LogP contribution in [-0.4, -0.2) is 35.3 Å². The molecule has 0 aliphatic heterocycles. The summed E-state index contributed by atoms with van der Waals surface area (Å²) >= 11 is 7.54. The highest BCUT2D eigenvalue weighted by molar-refractivity contribution is 7.20. The van der Waals surface area contributed by atoms with Crippen molar-refractivity contribution < 1.29 is 14.3 Å². The number of rotatable bonds is 4. The number of thiophene rings is 1. The van der Waals surface area contributed by atoms with Crippen molar-refractivity contribution in [2.75, 3.05) is 13.7 Å². The van der Waals surface area contributed by atoms with Crippen molar-refractivity contribution in [2.45, 2.75) is 6.92 Å². The monoisotopic (exact) mass is 363 g/mol. The molecule has 8 heteroatoms. The van der Waals surface area contributed by atoms with E-state index in [1.165, 1.54) is 18.4 Å². The minimum absolute atomic E-state index is 0.167. The van der Waals surface area contributed by atoms with Crippen molar-refractivity contribution in [1.82, 2.24) is 15.1 Å². The maximum atomic E-state index is 12.2. The highest BCUT2D eigenvalue weighted by Crippen LogP contribution is 2.32. The number of aromatic nitrogens is 2. The lowest BCUT2D eigenvalue weighted by Crippen LogP contribution is -2.29. The third kappa shape index (κ3) is 3.00. The number of hydrogen-bond acceptors (Lipinski definition) is 5. The molecule has 0 spiro atoms. The molecule has 1 N–H and O–H groups in total. The maximum Gasteiger partial charge on any atom is 0.325 e. The summed E-state index contributed by atoms with van der Waals surface area (Å²) in [4.78, 5) is 24.7. The van der Waals surface area contributed by atoms with Gasteiger partial charge in [0, 0.05) is 5.39 Å². The van der Waals surface area contributed by atoms with Crippen LogP contribution in [0, 0.1) is 6.92 Å². The fourth-order valence-electron chi connectivity index (χ4n) is 2.26. The molecule has 0 radical (unpaired) electrons. The van der Waals surface area contributed by atoms with E-state index >= 15 is 0 Å². The standard InChI is InChI=1S/C16H14ClN3O3S/c1-9-10-7-13(15(22)18-8-14(21)23-2)24-16(10)20(19-9)12-6-4-3-5-11(12)17/h3-7H,8H2,1-2H3,(H,18,22). The Morgan fingerprint density at radius 1 is 1.38 bits per heavy atom. The van der Waals surface area contributed by atoms with E-state index in [-0.39, 0.29) is 12.5 Å². The van der Waals surface area contributed by atoms with Gasteiger partial charge in [-0.25, -0.2) is 4.68 Å². The van der Waals surface area contributed by atoms with Gasteiger partial charge >= 0.3 is 5.97 Å². The lowest BCUT2D eigenvalue weighted by atomic mass is 10.3. The van der Waals surface area contributed by atoms with Crippen molar-refractivity contribution in [3.8, 4) is 5.69 Å². The van der Waals surface area contributed by atoms with Gasteiger partial charge in [-0.1, -0.05) is 23.7 Å². The fraction of sp³-hybridized carbons (Fsp3) is 0.188. The topological polar surface area (TPSA) is 73.2 Å². The summed E-state index contributed by atoms with van der Waals surface area (Å²) in [7, 11) is 1.27. The van der Waals surface area contributed by atoms with Gasteiger partial charge in [-0.05, 0) is 25.1 Å². The molecule has 0 aliphatic carbocycles. The molecule has 6 nitrogen and oxygen atoms in total. The second kappa shape index (κ2) is 6.62. The molecule has 0 saturated carbocycles. The highest BCUT2D eigenvalue weighted by atomic mass is 35.5. The molecule has 0 unspecified atom stereocenters. The Balaban J connectivity index is 1.97. The van der Waals surface area contributed by atoms with Crippen molar-refractivity contribution in [2.24, 2.45) is 0 Å². The van der Waals surface area contributed by atoms with E-state index in [4.69, 9.17) is 11.6 Å². The van der Waals surface area contributed by atoms with Crippen LogP contribution in [0.15, 0.2) is 30.3 Å². The lowest BCUT2D eigenvalue weighted by molar-refractivity contribution is -0.139. The molecule has 124 valence electrons. The highest BCUT2D eigenvalue weighted by Gasteiger charge is 2.18. The number of carbonyl (C=O) groups is 2. The summed E-state index contributed by atoms with van der Waals surface area (Å²) < 4.78 is 6.24. The van der Waals surface area contributed by atoms with Crippen molar-refractivity contribution >= 4 is 45.0 Å². The van der Waals surface area contributed by atoms with Crippen molar-refractivity contribution in [1.29, 1.82) is 0 Å². The van der Waals surface area contributed by atoms with Gasteiger partial charge in [0.05, 0.1) is 28.4 Å². The molecule has 1 amide bonds. The van der Waals surface area contributed by atoms with Crippen LogP contribution in [0.4, 0.5) is 0 Å². The zero-order valence-corrected chi connectivity index (χ0v) is 14.6. The first-order valence-corrected chi connectivity index (χ1v) is 8.29. The van der Waals surface area contributed by atoms with E-state index in [0.717, 1.165) is 21.6 Å². The van der Waals surface area contributed by atoms with Crippen LogP contribution in [0.1, 0.15) is 15.4 Å². The van der Waals surface area contributed by atoms with Gasteiger partial charge in [-0.2, -0.15) is 5.10 Å². The predicted molar refractivity (Wildman–Crippen MR) is 93.0 cm³/mol. The quantitative estimate of drug-likeness (QED) is 0.723. The van der Waals surface area contributed by atoms with Gasteiger partial charge in [-0.15, -0.1) is 11.3 Å². The van der Waals surface area contributed by atoms with Gasteiger partial charge in [0.1, 0.15) is 11.4 Å². The largest absolute Gasteiger partial charge is 0.468 e. The number of carbonyl (C=O) groups excluding carboxylic acids is 2. The van der Waals surface area contributed by atoms with E-state index in [2.05, 4.69) is 15.2 Å². The molecule has 3 aromatic rings. The first-order valence-electron chi connectivity index (χ1n) is 7.10. The summed E-state index contributed by atoms with van der Waals surface area (Å²) in [5.41, 5.74) is 1.55. The van der Waals surface area contributed by atoms with Gasteiger partial charge in [-0.3, -0.25) is 9.59 Å². The number of benzene rings is 1. The third-order valence-electron chi connectivity index (χ3n) is 3.47. The summed E-state index contributed by atoms with van der Waals surface area (Å²) in [5.74, 6) is -0.824. The zero-order chi connectivity index (χ0) is 17.3. The number of halogens is 1. The number of ether oxygens (including phenoxy) is 1. The number of hydrogen-bond donors (Lipinski definition) is 1. The number of para-hydroxylation sites is 1. The van der Waals surface area contributed by atoms with Gasteiger partial charge in [0.15, 0.2) is 0 Å². The van der Waals surface area contributed by atoms with E-state index < -0.39 is 5.97 Å². The number of nitrogens with one attached hydrogen (secondary N) is 1. The Bertz CT molecular complexity index is 932. The summed E-state index contributed by atoms with van der Waals surface area (Å²) in [6.07, 6.45) is 0.